The summed E-state index contributed by atoms with van der Waals surface area (Å²) in [5, 5.41) is 3.60. The largest absolute Gasteiger partial charge is 0.461 e. The van der Waals surface area contributed by atoms with Crippen LogP contribution in [0.4, 0.5) is 0 Å². The van der Waals surface area contributed by atoms with E-state index in [4.69, 9.17) is 4.42 Å². The second kappa shape index (κ2) is 9.23. The molecule has 0 aliphatic carbocycles. The van der Waals surface area contributed by atoms with Crippen molar-refractivity contribution in [3.05, 3.63) is 29.7 Å². The third-order valence-electron chi connectivity index (χ3n) is 4.91. The molecular weight excluding hydrogens is 376 g/mol. The number of carbonyl (C=O) groups excluding carboxylic acids is 2. The highest BCUT2D eigenvalue weighted by molar-refractivity contribution is 7.98. The lowest BCUT2D eigenvalue weighted by atomic mass is 9.95. The van der Waals surface area contributed by atoms with Gasteiger partial charge >= 0.3 is 0 Å². The van der Waals surface area contributed by atoms with E-state index in [0.29, 0.717) is 60.3 Å². The molecule has 7 nitrogen and oxygen atoms in total. The Balaban J connectivity index is 1.73. The number of aryl methyl sites for hydroxylation is 1. The predicted octanol–water partition coefficient (Wildman–Crippen LogP) is 3.15. The summed E-state index contributed by atoms with van der Waals surface area (Å²) in [6.45, 7) is 5.69. The van der Waals surface area contributed by atoms with Gasteiger partial charge in [0.15, 0.2) is 11.6 Å². The van der Waals surface area contributed by atoms with Crippen LogP contribution in [0.1, 0.15) is 42.2 Å². The van der Waals surface area contributed by atoms with Gasteiger partial charge in [-0.1, -0.05) is 6.92 Å². The summed E-state index contributed by atoms with van der Waals surface area (Å²) in [5.74, 6) is 1.07. The van der Waals surface area contributed by atoms with Gasteiger partial charge in [-0.25, -0.2) is 9.97 Å². The second-order valence-corrected chi connectivity index (χ2v) is 7.65. The molecule has 2 aromatic rings. The van der Waals surface area contributed by atoms with E-state index >= 15 is 0 Å². The number of carbonyl (C=O) groups is 2. The van der Waals surface area contributed by atoms with Crippen molar-refractivity contribution in [2.24, 2.45) is 5.92 Å². The van der Waals surface area contributed by atoms with Crippen LogP contribution in [0.5, 0.6) is 0 Å². The molecule has 3 rings (SSSR count). The minimum absolute atomic E-state index is 0.0192. The van der Waals surface area contributed by atoms with Crippen LogP contribution in [0.25, 0.3) is 11.6 Å². The van der Waals surface area contributed by atoms with Gasteiger partial charge < -0.3 is 14.6 Å². The molecule has 1 fully saturated rings. The van der Waals surface area contributed by atoms with Gasteiger partial charge in [-0.3, -0.25) is 9.59 Å². The maximum absolute atomic E-state index is 13.2. The van der Waals surface area contributed by atoms with Crippen molar-refractivity contribution in [2.45, 2.75) is 38.1 Å². The van der Waals surface area contributed by atoms with Crippen LogP contribution >= 0.6 is 11.8 Å². The van der Waals surface area contributed by atoms with Crippen LogP contribution in [0.3, 0.4) is 0 Å². The maximum Gasteiger partial charge on any atom is 0.258 e. The number of rotatable bonds is 6. The van der Waals surface area contributed by atoms with Crippen molar-refractivity contribution in [3.8, 4) is 11.6 Å². The van der Waals surface area contributed by atoms with Crippen LogP contribution in [0.15, 0.2) is 27.8 Å². The number of likely N-dealkylation sites (tertiary alicyclic amines) is 1. The summed E-state index contributed by atoms with van der Waals surface area (Å²) < 4.78 is 5.39. The van der Waals surface area contributed by atoms with Crippen molar-refractivity contribution in [2.75, 3.05) is 25.9 Å². The first-order chi connectivity index (χ1) is 13.5. The second-order valence-electron chi connectivity index (χ2n) is 6.85. The zero-order chi connectivity index (χ0) is 20.1. The third-order valence-corrected chi connectivity index (χ3v) is 5.59. The molecule has 150 valence electrons. The molecule has 0 radical (unpaired) electrons. The molecule has 1 aliphatic rings. The van der Waals surface area contributed by atoms with Gasteiger partial charge in [0, 0.05) is 25.6 Å². The van der Waals surface area contributed by atoms with Gasteiger partial charge in [0.25, 0.3) is 5.91 Å². The molecular formula is C20H26N4O3S. The number of aromatic nitrogens is 2. The summed E-state index contributed by atoms with van der Waals surface area (Å²) in [6.07, 6.45) is 5.76. The molecule has 0 bridgehead atoms. The molecule has 0 aromatic carbocycles. The van der Waals surface area contributed by atoms with Crippen LogP contribution < -0.4 is 5.32 Å². The van der Waals surface area contributed by atoms with Crippen LogP contribution in [0, 0.1) is 12.8 Å². The SMILES string of the molecule is CCCNC(=O)C1CCN(C(=O)c2c(C)nc(-c3ccco3)nc2SC)CC1. The quantitative estimate of drug-likeness (QED) is 0.590. The lowest BCUT2D eigenvalue weighted by molar-refractivity contribution is -0.126. The Kier molecular flexibility index (Phi) is 6.72. The molecule has 1 aliphatic heterocycles. The van der Waals surface area contributed by atoms with E-state index in [9.17, 15) is 9.59 Å². The highest BCUT2D eigenvalue weighted by Crippen LogP contribution is 2.28. The van der Waals surface area contributed by atoms with Crippen molar-refractivity contribution in [1.29, 1.82) is 0 Å². The number of amides is 2. The number of nitrogens with zero attached hydrogens (tertiary/aromatic N) is 3. The molecule has 28 heavy (non-hydrogen) atoms. The number of thioether (sulfide) groups is 1. The Bertz CT molecular complexity index is 830. The van der Waals surface area contributed by atoms with E-state index in [0.717, 1.165) is 6.42 Å². The highest BCUT2D eigenvalue weighted by atomic mass is 32.2. The zero-order valence-corrected chi connectivity index (χ0v) is 17.3. The molecule has 2 aromatic heterocycles. The fourth-order valence-electron chi connectivity index (χ4n) is 3.35. The lowest BCUT2D eigenvalue weighted by Gasteiger charge is -2.32. The van der Waals surface area contributed by atoms with E-state index in [1.807, 2.05) is 25.0 Å². The number of hydrogen-bond donors (Lipinski definition) is 1. The molecule has 2 amide bonds. The van der Waals surface area contributed by atoms with Gasteiger partial charge in [0.05, 0.1) is 17.5 Å². The summed E-state index contributed by atoms with van der Waals surface area (Å²) in [6, 6.07) is 3.58. The van der Waals surface area contributed by atoms with Gasteiger partial charge in [-0.05, 0) is 44.6 Å². The third kappa shape index (κ3) is 4.38. The summed E-state index contributed by atoms with van der Waals surface area (Å²) in [7, 11) is 0. The number of furan rings is 1. The number of hydrogen-bond acceptors (Lipinski definition) is 6. The van der Waals surface area contributed by atoms with E-state index in [1.165, 1.54) is 11.8 Å². The minimum Gasteiger partial charge on any atom is -0.461 e. The minimum atomic E-state index is -0.0692. The fraction of sp³-hybridized carbons (Fsp3) is 0.500. The van der Waals surface area contributed by atoms with Gasteiger partial charge in [-0.2, -0.15) is 0 Å². The average Bonchev–Trinajstić information content (AvgIpc) is 3.26. The monoisotopic (exact) mass is 402 g/mol. The Labute approximate surface area is 169 Å². The first kappa shape index (κ1) is 20.4. The first-order valence-electron chi connectivity index (χ1n) is 9.58. The van der Waals surface area contributed by atoms with E-state index in [-0.39, 0.29) is 17.7 Å². The topological polar surface area (TPSA) is 88.3 Å². The molecule has 3 heterocycles. The van der Waals surface area contributed by atoms with E-state index in [1.54, 1.807) is 18.4 Å². The summed E-state index contributed by atoms with van der Waals surface area (Å²) >= 11 is 1.42. The van der Waals surface area contributed by atoms with Crippen LogP contribution in [0.2, 0.25) is 0 Å². The molecule has 1 saturated heterocycles. The smallest absolute Gasteiger partial charge is 0.258 e. The fourth-order valence-corrected chi connectivity index (χ4v) is 3.97. The molecule has 0 atom stereocenters. The number of piperidine rings is 1. The van der Waals surface area contributed by atoms with Crippen molar-refractivity contribution < 1.29 is 14.0 Å². The standard InChI is InChI=1S/C20H26N4O3S/c1-4-9-21-18(25)14-7-10-24(11-8-14)20(26)16-13(2)22-17(23-19(16)28-3)15-6-5-12-27-15/h5-6,12,14H,4,7-11H2,1-3H3,(H,21,25). The number of nitrogens with one attached hydrogen (secondary N) is 1. The average molecular weight is 403 g/mol. The van der Waals surface area contributed by atoms with E-state index in [2.05, 4.69) is 15.3 Å². The van der Waals surface area contributed by atoms with Crippen LogP contribution in [-0.2, 0) is 4.79 Å². The van der Waals surface area contributed by atoms with Crippen molar-refractivity contribution in [3.63, 3.8) is 0 Å². The van der Waals surface area contributed by atoms with Gasteiger partial charge in [-0.15, -0.1) is 11.8 Å². The van der Waals surface area contributed by atoms with Crippen LogP contribution in [-0.4, -0.2) is 52.6 Å². The summed E-state index contributed by atoms with van der Waals surface area (Å²) in [5.41, 5.74) is 1.18. The molecule has 0 unspecified atom stereocenters. The predicted molar refractivity (Wildman–Crippen MR) is 108 cm³/mol. The van der Waals surface area contributed by atoms with Crippen molar-refractivity contribution >= 4 is 23.6 Å². The Hall–Kier alpha value is -2.35. The normalized spacial score (nSPS) is 14.9. The molecule has 1 N–H and O–H groups in total. The maximum atomic E-state index is 13.2. The molecule has 8 heteroatoms. The Morgan fingerprint density at radius 1 is 1.32 bits per heavy atom. The Morgan fingerprint density at radius 3 is 2.68 bits per heavy atom. The van der Waals surface area contributed by atoms with Gasteiger partial charge in [0.2, 0.25) is 5.91 Å². The highest BCUT2D eigenvalue weighted by Gasteiger charge is 2.30. The Morgan fingerprint density at radius 2 is 2.07 bits per heavy atom. The molecule has 0 saturated carbocycles. The first-order valence-corrected chi connectivity index (χ1v) is 10.8. The summed E-state index contributed by atoms with van der Waals surface area (Å²) in [4.78, 5) is 36.1. The van der Waals surface area contributed by atoms with Crippen molar-refractivity contribution in [1.82, 2.24) is 20.2 Å². The van der Waals surface area contributed by atoms with E-state index < -0.39 is 0 Å². The molecule has 0 spiro atoms. The van der Waals surface area contributed by atoms with Gasteiger partial charge in [0.1, 0.15) is 5.03 Å². The zero-order valence-electron chi connectivity index (χ0n) is 16.5. The lowest BCUT2D eigenvalue weighted by Crippen LogP contribution is -2.43.